The van der Waals surface area contributed by atoms with E-state index in [9.17, 15) is 4.79 Å². The first-order chi connectivity index (χ1) is 14.1. The third-order valence-electron chi connectivity index (χ3n) is 4.94. The minimum absolute atomic E-state index is 0.221. The summed E-state index contributed by atoms with van der Waals surface area (Å²) in [7, 11) is 0. The molecule has 2 heterocycles. The first-order valence-electron chi connectivity index (χ1n) is 9.51. The summed E-state index contributed by atoms with van der Waals surface area (Å²) in [5, 5.41) is 13.1. The fourth-order valence-electron chi connectivity index (χ4n) is 3.38. The quantitative estimate of drug-likeness (QED) is 0.664. The standard InChI is InChI=1S/C21H22ClN5OS/c1-15-7-8-16(22)13-18(15)27-11-9-26(10-12-27)14-19-24-25-21(29-19)20(28)23-17-5-3-2-4-6-17/h2-8,13H,9-12,14H2,1H3,(H,23,28). The Morgan fingerprint density at radius 1 is 1.10 bits per heavy atom. The van der Waals surface area contributed by atoms with E-state index in [2.05, 4.69) is 38.3 Å². The van der Waals surface area contributed by atoms with E-state index in [1.54, 1.807) is 0 Å². The van der Waals surface area contributed by atoms with E-state index >= 15 is 0 Å². The number of nitrogens with one attached hydrogen (secondary N) is 1. The van der Waals surface area contributed by atoms with Crippen molar-refractivity contribution in [3.05, 3.63) is 69.1 Å². The summed E-state index contributed by atoms with van der Waals surface area (Å²) in [5.74, 6) is -0.221. The van der Waals surface area contributed by atoms with E-state index in [1.807, 2.05) is 42.5 Å². The molecule has 0 bridgehead atoms. The third-order valence-corrected chi connectivity index (χ3v) is 6.08. The SMILES string of the molecule is Cc1ccc(Cl)cc1N1CCN(Cc2nnc(C(=O)Nc3ccccc3)s2)CC1. The van der Waals surface area contributed by atoms with Crippen molar-refractivity contribution in [1.29, 1.82) is 0 Å². The van der Waals surface area contributed by atoms with Gasteiger partial charge in [-0.1, -0.05) is 47.2 Å². The van der Waals surface area contributed by atoms with E-state index in [4.69, 9.17) is 11.6 Å². The van der Waals surface area contributed by atoms with Crippen molar-refractivity contribution in [3.63, 3.8) is 0 Å². The molecule has 1 aliphatic heterocycles. The molecular weight excluding hydrogens is 406 g/mol. The number of halogens is 1. The molecule has 0 spiro atoms. The lowest BCUT2D eigenvalue weighted by Crippen LogP contribution is -2.46. The summed E-state index contributed by atoms with van der Waals surface area (Å²) >= 11 is 7.52. The van der Waals surface area contributed by atoms with E-state index in [-0.39, 0.29) is 5.91 Å². The molecule has 1 saturated heterocycles. The minimum Gasteiger partial charge on any atom is -0.369 e. The Labute approximate surface area is 179 Å². The molecule has 0 aliphatic carbocycles. The molecule has 0 unspecified atom stereocenters. The Morgan fingerprint density at radius 3 is 2.62 bits per heavy atom. The Morgan fingerprint density at radius 2 is 1.86 bits per heavy atom. The highest BCUT2D eigenvalue weighted by Gasteiger charge is 2.21. The maximum atomic E-state index is 12.3. The molecule has 8 heteroatoms. The highest BCUT2D eigenvalue weighted by molar-refractivity contribution is 7.13. The van der Waals surface area contributed by atoms with Gasteiger partial charge in [0.1, 0.15) is 5.01 Å². The molecule has 1 fully saturated rings. The van der Waals surface area contributed by atoms with Crippen molar-refractivity contribution in [3.8, 4) is 0 Å². The zero-order chi connectivity index (χ0) is 20.2. The summed E-state index contributed by atoms with van der Waals surface area (Å²) in [6.07, 6.45) is 0. The van der Waals surface area contributed by atoms with Gasteiger partial charge in [0.05, 0.1) is 6.54 Å². The van der Waals surface area contributed by atoms with Gasteiger partial charge < -0.3 is 10.2 Å². The number of carbonyl (C=O) groups is 1. The lowest BCUT2D eigenvalue weighted by Gasteiger charge is -2.36. The number of carbonyl (C=O) groups excluding carboxylic acids is 1. The molecule has 4 rings (SSSR count). The van der Waals surface area contributed by atoms with Gasteiger partial charge in [-0.25, -0.2) is 0 Å². The molecular formula is C21H22ClN5OS. The predicted octanol–water partition coefficient (Wildman–Crippen LogP) is 4.07. The first kappa shape index (κ1) is 19.8. The fraction of sp³-hybridized carbons (Fsp3) is 0.286. The topological polar surface area (TPSA) is 61.4 Å². The summed E-state index contributed by atoms with van der Waals surface area (Å²) < 4.78 is 0. The molecule has 3 aromatic rings. The van der Waals surface area contributed by atoms with E-state index in [0.717, 1.165) is 41.9 Å². The number of aromatic nitrogens is 2. The van der Waals surface area contributed by atoms with E-state index in [1.165, 1.54) is 22.6 Å². The number of hydrogen-bond acceptors (Lipinski definition) is 6. The molecule has 0 radical (unpaired) electrons. The van der Waals surface area contributed by atoms with Crippen molar-refractivity contribution in [2.75, 3.05) is 36.4 Å². The molecule has 29 heavy (non-hydrogen) atoms. The minimum atomic E-state index is -0.221. The molecule has 1 amide bonds. The van der Waals surface area contributed by atoms with Crippen molar-refractivity contribution in [2.45, 2.75) is 13.5 Å². The number of benzene rings is 2. The van der Waals surface area contributed by atoms with Crippen molar-refractivity contribution < 1.29 is 4.79 Å². The van der Waals surface area contributed by atoms with Crippen molar-refractivity contribution in [2.24, 2.45) is 0 Å². The van der Waals surface area contributed by atoms with E-state index < -0.39 is 0 Å². The van der Waals surface area contributed by atoms with Crippen LogP contribution in [0.15, 0.2) is 48.5 Å². The highest BCUT2D eigenvalue weighted by Crippen LogP contribution is 2.25. The average molecular weight is 428 g/mol. The summed E-state index contributed by atoms with van der Waals surface area (Å²) in [4.78, 5) is 17.1. The number of amides is 1. The van der Waals surface area contributed by atoms with Gasteiger partial charge in [-0.15, -0.1) is 10.2 Å². The Bertz CT molecular complexity index is 986. The third kappa shape index (κ3) is 4.93. The van der Waals surface area contributed by atoms with Crippen LogP contribution in [0.4, 0.5) is 11.4 Å². The van der Waals surface area contributed by atoms with Crippen molar-refractivity contribution in [1.82, 2.24) is 15.1 Å². The molecule has 0 saturated carbocycles. The number of rotatable bonds is 5. The van der Waals surface area contributed by atoms with Crippen LogP contribution in [0, 0.1) is 6.92 Å². The molecule has 1 N–H and O–H groups in total. The van der Waals surface area contributed by atoms with Gasteiger partial charge in [-0.05, 0) is 36.8 Å². The zero-order valence-electron chi connectivity index (χ0n) is 16.1. The average Bonchev–Trinajstić information content (AvgIpc) is 3.20. The van der Waals surface area contributed by atoms with Gasteiger partial charge in [0.25, 0.3) is 5.91 Å². The molecule has 1 aliphatic rings. The fourth-order valence-corrected chi connectivity index (χ4v) is 4.32. The predicted molar refractivity (Wildman–Crippen MR) is 118 cm³/mol. The Balaban J connectivity index is 1.32. The summed E-state index contributed by atoms with van der Waals surface area (Å²) in [6, 6.07) is 15.4. The van der Waals surface area contributed by atoms with Gasteiger partial charge in [-0.3, -0.25) is 9.69 Å². The van der Waals surface area contributed by atoms with Crippen LogP contribution >= 0.6 is 22.9 Å². The number of hydrogen-bond donors (Lipinski definition) is 1. The van der Waals surface area contributed by atoms with Gasteiger partial charge in [-0.2, -0.15) is 0 Å². The summed E-state index contributed by atoms with van der Waals surface area (Å²) in [6.45, 7) is 6.54. The smallest absolute Gasteiger partial charge is 0.286 e. The van der Waals surface area contributed by atoms with Crippen LogP contribution in [-0.4, -0.2) is 47.2 Å². The van der Waals surface area contributed by atoms with Gasteiger partial charge in [0, 0.05) is 42.6 Å². The largest absolute Gasteiger partial charge is 0.369 e. The number of piperazine rings is 1. The number of para-hydroxylation sites is 1. The molecule has 2 aromatic carbocycles. The van der Waals surface area contributed by atoms with Gasteiger partial charge in [0.2, 0.25) is 5.01 Å². The Hall–Kier alpha value is -2.48. The van der Waals surface area contributed by atoms with Crippen LogP contribution in [0.1, 0.15) is 20.4 Å². The second-order valence-corrected chi connectivity index (χ2v) is 8.51. The van der Waals surface area contributed by atoms with Crippen LogP contribution < -0.4 is 10.2 Å². The van der Waals surface area contributed by atoms with E-state index in [0.29, 0.717) is 11.6 Å². The van der Waals surface area contributed by atoms with Crippen LogP contribution in [0.25, 0.3) is 0 Å². The van der Waals surface area contributed by atoms with Crippen LogP contribution in [0.3, 0.4) is 0 Å². The molecule has 150 valence electrons. The van der Waals surface area contributed by atoms with Crippen molar-refractivity contribution >= 4 is 40.2 Å². The zero-order valence-corrected chi connectivity index (χ0v) is 17.7. The Kier molecular flexibility index (Phi) is 6.08. The molecule has 1 aromatic heterocycles. The lowest BCUT2D eigenvalue weighted by atomic mass is 10.1. The maximum absolute atomic E-state index is 12.3. The van der Waals surface area contributed by atoms with Crippen LogP contribution in [0.2, 0.25) is 5.02 Å². The molecule has 0 atom stereocenters. The highest BCUT2D eigenvalue weighted by atomic mass is 35.5. The first-order valence-corrected chi connectivity index (χ1v) is 10.7. The maximum Gasteiger partial charge on any atom is 0.286 e. The second kappa shape index (κ2) is 8.90. The number of nitrogens with zero attached hydrogens (tertiary/aromatic N) is 4. The second-order valence-electron chi connectivity index (χ2n) is 7.02. The van der Waals surface area contributed by atoms with Crippen LogP contribution in [0.5, 0.6) is 0 Å². The number of anilines is 2. The molecule has 6 nitrogen and oxygen atoms in total. The van der Waals surface area contributed by atoms with Crippen LogP contribution in [-0.2, 0) is 6.54 Å². The lowest BCUT2D eigenvalue weighted by molar-refractivity contribution is 0.102. The monoisotopic (exact) mass is 427 g/mol. The number of aryl methyl sites for hydroxylation is 1. The van der Waals surface area contributed by atoms with Gasteiger partial charge in [0.15, 0.2) is 0 Å². The van der Waals surface area contributed by atoms with Gasteiger partial charge >= 0.3 is 0 Å². The normalized spacial score (nSPS) is 14.8. The summed E-state index contributed by atoms with van der Waals surface area (Å²) in [5.41, 5.74) is 3.19.